The maximum Gasteiger partial charge on any atom is 0.252 e. The minimum atomic E-state index is -0.111. The zero-order valence-corrected chi connectivity index (χ0v) is 12.5. The van der Waals surface area contributed by atoms with Crippen molar-refractivity contribution in [2.24, 2.45) is 0 Å². The van der Waals surface area contributed by atoms with Crippen LogP contribution in [0, 0.1) is 0 Å². The van der Waals surface area contributed by atoms with Crippen LogP contribution in [0.3, 0.4) is 0 Å². The predicted molar refractivity (Wildman–Crippen MR) is 82.1 cm³/mol. The number of pyridine rings is 1. The zero-order chi connectivity index (χ0) is 13.5. The third-order valence-corrected chi connectivity index (χ3v) is 4.36. The molecule has 0 aliphatic heterocycles. The SMILES string of the molecule is O=C(NCCSCc1ccsc1)c1ccc(Cl)nc1. The van der Waals surface area contributed by atoms with E-state index in [0.29, 0.717) is 17.3 Å². The van der Waals surface area contributed by atoms with E-state index in [1.807, 2.05) is 0 Å². The lowest BCUT2D eigenvalue weighted by Gasteiger charge is -2.04. The van der Waals surface area contributed by atoms with Crippen molar-refractivity contribution in [3.05, 3.63) is 51.4 Å². The first kappa shape index (κ1) is 14.4. The van der Waals surface area contributed by atoms with Gasteiger partial charge >= 0.3 is 0 Å². The number of aromatic nitrogens is 1. The average Bonchev–Trinajstić information content (AvgIpc) is 2.92. The molecule has 0 aliphatic rings. The van der Waals surface area contributed by atoms with Gasteiger partial charge in [-0.1, -0.05) is 11.6 Å². The summed E-state index contributed by atoms with van der Waals surface area (Å²) in [6.45, 7) is 0.649. The number of hydrogen-bond acceptors (Lipinski definition) is 4. The smallest absolute Gasteiger partial charge is 0.252 e. The molecule has 1 N–H and O–H groups in total. The lowest BCUT2D eigenvalue weighted by atomic mass is 10.3. The quantitative estimate of drug-likeness (QED) is 0.656. The van der Waals surface area contributed by atoms with E-state index in [2.05, 4.69) is 27.1 Å². The lowest BCUT2D eigenvalue weighted by molar-refractivity contribution is 0.0956. The molecule has 0 unspecified atom stereocenters. The van der Waals surface area contributed by atoms with Crippen molar-refractivity contribution in [1.29, 1.82) is 0 Å². The second-order valence-corrected chi connectivity index (χ2v) is 6.08. The van der Waals surface area contributed by atoms with E-state index >= 15 is 0 Å². The predicted octanol–water partition coefficient (Wildman–Crippen LogP) is 3.46. The van der Waals surface area contributed by atoms with Crippen LogP contribution in [0.5, 0.6) is 0 Å². The molecule has 19 heavy (non-hydrogen) atoms. The normalized spacial score (nSPS) is 10.4. The fourth-order valence-electron chi connectivity index (χ4n) is 1.41. The van der Waals surface area contributed by atoms with Crippen molar-refractivity contribution < 1.29 is 4.79 Å². The molecule has 0 aliphatic carbocycles. The van der Waals surface area contributed by atoms with E-state index in [9.17, 15) is 4.79 Å². The Morgan fingerprint density at radius 3 is 3.00 bits per heavy atom. The highest BCUT2D eigenvalue weighted by Crippen LogP contribution is 2.14. The van der Waals surface area contributed by atoms with Crippen molar-refractivity contribution in [3.63, 3.8) is 0 Å². The summed E-state index contributed by atoms with van der Waals surface area (Å²) in [6, 6.07) is 5.40. The third kappa shape index (κ3) is 4.86. The van der Waals surface area contributed by atoms with Gasteiger partial charge in [-0.15, -0.1) is 0 Å². The fraction of sp³-hybridized carbons (Fsp3) is 0.231. The van der Waals surface area contributed by atoms with E-state index in [-0.39, 0.29) is 5.91 Å². The molecule has 0 radical (unpaired) electrons. The summed E-state index contributed by atoms with van der Waals surface area (Å²) >= 11 is 9.18. The monoisotopic (exact) mass is 312 g/mol. The maximum absolute atomic E-state index is 11.7. The van der Waals surface area contributed by atoms with E-state index in [1.165, 1.54) is 11.8 Å². The summed E-state index contributed by atoms with van der Waals surface area (Å²) in [5.41, 5.74) is 1.87. The Kier molecular flexibility index (Phi) is 5.69. The highest BCUT2D eigenvalue weighted by Gasteiger charge is 2.04. The fourth-order valence-corrected chi connectivity index (χ4v) is 3.11. The number of thioether (sulfide) groups is 1. The van der Waals surface area contributed by atoms with Gasteiger partial charge in [0.1, 0.15) is 5.15 Å². The van der Waals surface area contributed by atoms with Gasteiger partial charge in [0, 0.05) is 24.2 Å². The molecule has 0 saturated heterocycles. The van der Waals surface area contributed by atoms with Gasteiger partial charge in [-0.3, -0.25) is 4.79 Å². The van der Waals surface area contributed by atoms with Crippen LogP contribution < -0.4 is 5.32 Å². The van der Waals surface area contributed by atoms with Crippen LogP contribution in [0.25, 0.3) is 0 Å². The first-order valence-electron chi connectivity index (χ1n) is 5.74. The number of rotatable bonds is 6. The molecular weight excluding hydrogens is 300 g/mol. The molecule has 2 rings (SSSR count). The van der Waals surface area contributed by atoms with Gasteiger partial charge < -0.3 is 5.32 Å². The second kappa shape index (κ2) is 7.53. The van der Waals surface area contributed by atoms with Gasteiger partial charge in [-0.05, 0) is 34.5 Å². The molecule has 0 spiro atoms. The molecule has 0 fully saturated rings. The van der Waals surface area contributed by atoms with Gasteiger partial charge in [0.05, 0.1) is 5.56 Å². The van der Waals surface area contributed by atoms with Crippen molar-refractivity contribution in [3.8, 4) is 0 Å². The Morgan fingerprint density at radius 1 is 1.42 bits per heavy atom. The molecule has 0 saturated carbocycles. The maximum atomic E-state index is 11.7. The summed E-state index contributed by atoms with van der Waals surface area (Å²) in [5.74, 6) is 1.77. The standard InChI is InChI=1S/C13H13ClN2OS2/c14-12-2-1-11(7-16-12)13(17)15-4-6-19-9-10-3-5-18-8-10/h1-3,5,7-8H,4,6,9H2,(H,15,17). The topological polar surface area (TPSA) is 42.0 Å². The first-order chi connectivity index (χ1) is 9.25. The van der Waals surface area contributed by atoms with Crippen molar-refractivity contribution in [2.75, 3.05) is 12.3 Å². The zero-order valence-electron chi connectivity index (χ0n) is 10.1. The summed E-state index contributed by atoms with van der Waals surface area (Å²) in [5, 5.41) is 7.47. The Bertz CT molecular complexity index is 514. The summed E-state index contributed by atoms with van der Waals surface area (Å²) < 4.78 is 0. The third-order valence-electron chi connectivity index (χ3n) is 2.37. The number of hydrogen-bond donors (Lipinski definition) is 1. The number of thiophene rings is 1. The van der Waals surface area contributed by atoms with Gasteiger partial charge in [-0.2, -0.15) is 23.1 Å². The van der Waals surface area contributed by atoms with Crippen molar-refractivity contribution in [1.82, 2.24) is 10.3 Å². The largest absolute Gasteiger partial charge is 0.351 e. The van der Waals surface area contributed by atoms with Gasteiger partial charge in [0.2, 0.25) is 0 Å². The van der Waals surface area contributed by atoms with Crippen LogP contribution in [-0.2, 0) is 5.75 Å². The molecule has 0 atom stereocenters. The van der Waals surface area contributed by atoms with Crippen molar-refractivity contribution >= 4 is 40.6 Å². The summed E-state index contributed by atoms with van der Waals surface area (Å²) in [7, 11) is 0. The number of amides is 1. The number of nitrogens with one attached hydrogen (secondary N) is 1. The highest BCUT2D eigenvalue weighted by molar-refractivity contribution is 7.98. The average molecular weight is 313 g/mol. The molecule has 1 amide bonds. The first-order valence-corrected chi connectivity index (χ1v) is 8.22. The molecule has 0 aromatic carbocycles. The lowest BCUT2D eigenvalue weighted by Crippen LogP contribution is -2.25. The number of halogens is 1. The van der Waals surface area contributed by atoms with Crippen LogP contribution in [0.1, 0.15) is 15.9 Å². The Hall–Kier alpha value is -1.04. The van der Waals surface area contributed by atoms with Gasteiger partial charge in [0.15, 0.2) is 0 Å². The molecule has 2 heterocycles. The summed E-state index contributed by atoms with van der Waals surface area (Å²) in [6.07, 6.45) is 1.48. The number of nitrogens with zero attached hydrogens (tertiary/aromatic N) is 1. The molecule has 100 valence electrons. The molecule has 6 heteroatoms. The van der Waals surface area contributed by atoms with Gasteiger partial charge in [-0.25, -0.2) is 4.98 Å². The van der Waals surface area contributed by atoms with Crippen LogP contribution in [0.2, 0.25) is 5.15 Å². The summed E-state index contributed by atoms with van der Waals surface area (Å²) in [4.78, 5) is 15.6. The molecule has 2 aromatic rings. The van der Waals surface area contributed by atoms with Crippen molar-refractivity contribution in [2.45, 2.75) is 5.75 Å². The Labute approximate surface area is 125 Å². The highest BCUT2D eigenvalue weighted by atomic mass is 35.5. The minimum absolute atomic E-state index is 0.111. The van der Waals surface area contributed by atoms with Crippen LogP contribution in [-0.4, -0.2) is 23.2 Å². The van der Waals surface area contributed by atoms with Crippen LogP contribution >= 0.6 is 34.7 Å². The molecule has 0 bridgehead atoms. The number of carbonyl (C=O) groups is 1. The van der Waals surface area contributed by atoms with E-state index in [1.54, 1.807) is 35.2 Å². The molecule has 2 aromatic heterocycles. The molecule has 3 nitrogen and oxygen atoms in total. The van der Waals surface area contributed by atoms with Crippen LogP contribution in [0.4, 0.5) is 0 Å². The Balaban J connectivity index is 1.65. The van der Waals surface area contributed by atoms with E-state index in [4.69, 9.17) is 11.6 Å². The second-order valence-electron chi connectivity index (χ2n) is 3.81. The molecular formula is C13H13ClN2OS2. The van der Waals surface area contributed by atoms with E-state index in [0.717, 1.165) is 11.5 Å². The number of carbonyl (C=O) groups excluding carboxylic acids is 1. The van der Waals surface area contributed by atoms with Crippen LogP contribution in [0.15, 0.2) is 35.2 Å². The Morgan fingerprint density at radius 2 is 2.32 bits per heavy atom. The minimum Gasteiger partial charge on any atom is -0.351 e. The van der Waals surface area contributed by atoms with Gasteiger partial charge in [0.25, 0.3) is 5.91 Å². The van der Waals surface area contributed by atoms with E-state index < -0.39 is 0 Å².